The zero-order valence-corrected chi connectivity index (χ0v) is 18.6. The number of para-hydroxylation sites is 1. The zero-order valence-electron chi connectivity index (χ0n) is 18.6. The van der Waals surface area contributed by atoms with Crippen LogP contribution in [0.15, 0.2) is 49.1 Å². The van der Waals surface area contributed by atoms with Crippen LogP contribution in [0, 0.1) is 11.3 Å². The van der Waals surface area contributed by atoms with E-state index in [1.807, 2.05) is 18.2 Å². The molecule has 0 atom stereocenters. The molecule has 3 N–H and O–H groups in total. The van der Waals surface area contributed by atoms with Gasteiger partial charge in [-0.25, -0.2) is 15.0 Å². The first kappa shape index (κ1) is 22.2. The van der Waals surface area contributed by atoms with Gasteiger partial charge in [0.15, 0.2) is 11.6 Å². The second-order valence-electron chi connectivity index (χ2n) is 6.96. The molecule has 4 rings (SSSR count). The largest absolute Gasteiger partial charge is 0.494 e. The molecule has 0 aliphatic heterocycles. The number of aryl methyl sites for hydroxylation is 1. The van der Waals surface area contributed by atoms with Crippen molar-refractivity contribution in [3.05, 3.63) is 60.2 Å². The Morgan fingerprint density at radius 3 is 2.62 bits per heavy atom. The zero-order chi connectivity index (χ0) is 24.1. The van der Waals surface area contributed by atoms with Crippen molar-refractivity contribution in [1.82, 2.24) is 35.0 Å². The van der Waals surface area contributed by atoms with Crippen LogP contribution in [-0.4, -0.2) is 49.8 Å². The Hall–Kier alpha value is -5.05. The van der Waals surface area contributed by atoms with Gasteiger partial charge in [0.05, 0.1) is 23.9 Å². The number of benzene rings is 1. The summed E-state index contributed by atoms with van der Waals surface area (Å²) in [6.45, 7) is 0. The third kappa shape index (κ3) is 4.58. The highest BCUT2D eigenvalue weighted by Gasteiger charge is 2.19. The standard InChI is InChI=1S/C22H20N10O2/c1-24-21(33)15-11-26-22(29-17-8-7-13(9-23)10-25-17)30-20(15)28-16-6-4-5-14(18(16)34-3)19-27-12-32(2)31-19/h4-8,10-12H,1-3H3,(H,24,33)(H2,25,26,28,29,30). The molecular formula is C22H20N10O2. The van der Waals surface area contributed by atoms with E-state index in [1.165, 1.54) is 26.6 Å². The molecule has 1 aromatic carbocycles. The third-order valence-electron chi connectivity index (χ3n) is 4.71. The second-order valence-corrected chi connectivity index (χ2v) is 6.96. The van der Waals surface area contributed by atoms with Gasteiger partial charge in [-0.3, -0.25) is 9.48 Å². The summed E-state index contributed by atoms with van der Waals surface area (Å²) in [6, 6.07) is 10.7. The van der Waals surface area contributed by atoms with Crippen molar-refractivity contribution in [1.29, 1.82) is 5.26 Å². The lowest BCUT2D eigenvalue weighted by Crippen LogP contribution is -2.20. The van der Waals surface area contributed by atoms with E-state index in [0.29, 0.717) is 34.2 Å². The SMILES string of the molecule is CNC(=O)c1cnc(Nc2ccc(C#N)cn2)nc1Nc1cccc(-c2ncn(C)n2)c1OC. The van der Waals surface area contributed by atoms with Gasteiger partial charge < -0.3 is 20.7 Å². The van der Waals surface area contributed by atoms with Crippen molar-refractivity contribution in [2.45, 2.75) is 0 Å². The third-order valence-corrected chi connectivity index (χ3v) is 4.71. The Morgan fingerprint density at radius 1 is 1.12 bits per heavy atom. The highest BCUT2D eigenvalue weighted by Crippen LogP contribution is 2.36. The molecule has 0 radical (unpaired) electrons. The van der Waals surface area contributed by atoms with E-state index >= 15 is 0 Å². The lowest BCUT2D eigenvalue weighted by atomic mass is 10.1. The fourth-order valence-corrected chi connectivity index (χ4v) is 3.11. The minimum absolute atomic E-state index is 0.203. The second kappa shape index (κ2) is 9.61. The molecule has 0 bridgehead atoms. The molecule has 12 heteroatoms. The van der Waals surface area contributed by atoms with Crippen LogP contribution in [0.25, 0.3) is 11.4 Å². The Morgan fingerprint density at radius 2 is 1.97 bits per heavy atom. The summed E-state index contributed by atoms with van der Waals surface area (Å²) < 4.78 is 7.23. The lowest BCUT2D eigenvalue weighted by Gasteiger charge is -2.16. The number of carbonyl (C=O) groups is 1. The van der Waals surface area contributed by atoms with Gasteiger partial charge in [0.1, 0.15) is 29.6 Å². The number of hydrogen-bond donors (Lipinski definition) is 3. The summed E-state index contributed by atoms with van der Waals surface area (Å²) >= 11 is 0. The van der Waals surface area contributed by atoms with Crippen LogP contribution in [0.1, 0.15) is 15.9 Å². The van der Waals surface area contributed by atoms with Gasteiger partial charge in [-0.1, -0.05) is 6.07 Å². The predicted molar refractivity (Wildman–Crippen MR) is 124 cm³/mol. The highest BCUT2D eigenvalue weighted by atomic mass is 16.5. The van der Waals surface area contributed by atoms with Crippen LogP contribution in [-0.2, 0) is 7.05 Å². The number of pyridine rings is 1. The molecule has 0 aliphatic carbocycles. The minimum atomic E-state index is -0.368. The average molecular weight is 456 g/mol. The molecule has 3 aromatic heterocycles. The van der Waals surface area contributed by atoms with E-state index in [9.17, 15) is 4.79 Å². The van der Waals surface area contributed by atoms with E-state index in [0.717, 1.165) is 0 Å². The maximum Gasteiger partial charge on any atom is 0.256 e. The van der Waals surface area contributed by atoms with E-state index < -0.39 is 0 Å². The first-order valence-corrected chi connectivity index (χ1v) is 10.0. The van der Waals surface area contributed by atoms with Gasteiger partial charge >= 0.3 is 0 Å². The van der Waals surface area contributed by atoms with Crippen LogP contribution in [0.2, 0.25) is 0 Å². The fraction of sp³-hybridized carbons (Fsp3) is 0.136. The number of anilines is 4. The Labute approximate surface area is 194 Å². The molecule has 170 valence electrons. The molecule has 0 aliphatic rings. The van der Waals surface area contributed by atoms with Crippen LogP contribution in [0.5, 0.6) is 5.75 Å². The molecule has 4 aromatic rings. The maximum atomic E-state index is 12.5. The number of methoxy groups -OCH3 is 1. The van der Waals surface area contributed by atoms with Crippen LogP contribution in [0.3, 0.4) is 0 Å². The normalized spacial score (nSPS) is 10.3. The molecule has 12 nitrogen and oxygen atoms in total. The van der Waals surface area contributed by atoms with Crippen molar-refractivity contribution >= 4 is 29.2 Å². The number of nitrogens with one attached hydrogen (secondary N) is 3. The number of amides is 1. The summed E-state index contributed by atoms with van der Waals surface area (Å²) in [7, 11) is 4.84. The number of rotatable bonds is 7. The molecule has 0 spiro atoms. The first-order chi connectivity index (χ1) is 16.5. The predicted octanol–water partition coefficient (Wildman–Crippen LogP) is 2.39. The minimum Gasteiger partial charge on any atom is -0.494 e. The number of nitrogens with zero attached hydrogens (tertiary/aromatic N) is 7. The van der Waals surface area contributed by atoms with Gasteiger partial charge in [-0.05, 0) is 24.3 Å². The van der Waals surface area contributed by atoms with Crippen LogP contribution in [0.4, 0.5) is 23.3 Å². The van der Waals surface area contributed by atoms with E-state index in [1.54, 1.807) is 36.3 Å². The van der Waals surface area contributed by atoms with E-state index in [2.05, 4.69) is 41.0 Å². The van der Waals surface area contributed by atoms with Crippen molar-refractivity contribution in [2.75, 3.05) is 24.8 Å². The molecule has 3 heterocycles. The molecular weight excluding hydrogens is 436 g/mol. The first-order valence-electron chi connectivity index (χ1n) is 10.0. The van der Waals surface area contributed by atoms with Crippen molar-refractivity contribution < 1.29 is 9.53 Å². The van der Waals surface area contributed by atoms with E-state index in [-0.39, 0.29) is 23.2 Å². The molecule has 0 saturated heterocycles. The topological polar surface area (TPSA) is 156 Å². The summed E-state index contributed by atoms with van der Waals surface area (Å²) in [5.41, 5.74) is 1.88. The number of hydrogen-bond acceptors (Lipinski definition) is 10. The van der Waals surface area contributed by atoms with Crippen LogP contribution < -0.4 is 20.7 Å². The van der Waals surface area contributed by atoms with Gasteiger partial charge in [0.2, 0.25) is 5.95 Å². The molecule has 34 heavy (non-hydrogen) atoms. The van der Waals surface area contributed by atoms with Gasteiger partial charge in [0, 0.05) is 26.5 Å². The Kier molecular flexibility index (Phi) is 6.26. The number of ether oxygens (including phenoxy) is 1. The Balaban J connectivity index is 1.71. The van der Waals surface area contributed by atoms with E-state index in [4.69, 9.17) is 10.00 Å². The summed E-state index contributed by atoms with van der Waals surface area (Å²) in [5, 5.41) is 22.0. The average Bonchev–Trinajstić information content (AvgIpc) is 3.30. The number of nitriles is 1. The maximum absolute atomic E-state index is 12.5. The molecule has 0 fully saturated rings. The highest BCUT2D eigenvalue weighted by molar-refractivity contribution is 5.99. The number of carbonyl (C=O) groups excluding carboxylic acids is 1. The van der Waals surface area contributed by atoms with Crippen LogP contribution >= 0.6 is 0 Å². The molecule has 0 unspecified atom stereocenters. The molecule has 0 saturated carbocycles. The summed E-state index contributed by atoms with van der Waals surface area (Å²) in [4.78, 5) is 29.6. The smallest absolute Gasteiger partial charge is 0.256 e. The fourth-order valence-electron chi connectivity index (χ4n) is 3.11. The lowest BCUT2D eigenvalue weighted by molar-refractivity contribution is 0.0963. The van der Waals surface area contributed by atoms with Crippen molar-refractivity contribution in [3.8, 4) is 23.2 Å². The Bertz CT molecular complexity index is 1380. The quantitative estimate of drug-likeness (QED) is 0.377. The number of aromatic nitrogens is 6. The van der Waals surface area contributed by atoms with Gasteiger partial charge in [-0.15, -0.1) is 0 Å². The monoisotopic (exact) mass is 456 g/mol. The van der Waals surface area contributed by atoms with Gasteiger partial charge in [-0.2, -0.15) is 15.3 Å². The van der Waals surface area contributed by atoms with Crippen molar-refractivity contribution in [2.24, 2.45) is 7.05 Å². The summed E-state index contributed by atoms with van der Waals surface area (Å²) in [5.74, 6) is 1.50. The van der Waals surface area contributed by atoms with Crippen molar-refractivity contribution in [3.63, 3.8) is 0 Å². The summed E-state index contributed by atoms with van der Waals surface area (Å²) in [6.07, 6.45) is 4.43. The molecule has 1 amide bonds. The van der Waals surface area contributed by atoms with Gasteiger partial charge in [0.25, 0.3) is 5.91 Å².